The standard InChI is InChI=1S/C8H9N3O2/c1-5(2)6-3-4-9-8-7(6)11(12)13-10-8/h3-5H,1-2H3. The summed E-state index contributed by atoms with van der Waals surface area (Å²) in [4.78, 5) is 4.32. The predicted octanol–water partition coefficient (Wildman–Crippen LogP) is 0.980. The van der Waals surface area contributed by atoms with Crippen molar-refractivity contribution in [1.82, 2.24) is 10.1 Å². The molecule has 0 atom stereocenters. The maximum atomic E-state index is 11.2. The Labute approximate surface area is 74.5 Å². The molecule has 0 aliphatic carbocycles. The SMILES string of the molecule is CC(C)c1ccnc2no[n+]([O-])c12. The van der Waals surface area contributed by atoms with Gasteiger partial charge in [0.2, 0.25) is 5.52 Å². The Bertz CT molecular complexity index is 436. The number of pyridine rings is 1. The van der Waals surface area contributed by atoms with Gasteiger partial charge in [-0.2, -0.15) is 0 Å². The summed E-state index contributed by atoms with van der Waals surface area (Å²) < 4.78 is 4.45. The summed E-state index contributed by atoms with van der Waals surface area (Å²) in [5.74, 6) is 0.255. The van der Waals surface area contributed by atoms with Crippen LogP contribution in [0.4, 0.5) is 0 Å². The summed E-state index contributed by atoms with van der Waals surface area (Å²) in [7, 11) is 0. The van der Waals surface area contributed by atoms with Crippen LogP contribution >= 0.6 is 0 Å². The van der Waals surface area contributed by atoms with Crippen LogP contribution in [0.5, 0.6) is 0 Å². The summed E-state index contributed by atoms with van der Waals surface area (Å²) in [6.45, 7) is 4.00. The first-order chi connectivity index (χ1) is 6.20. The molecule has 0 saturated heterocycles. The van der Waals surface area contributed by atoms with E-state index in [1.165, 1.54) is 0 Å². The highest BCUT2D eigenvalue weighted by Gasteiger charge is 2.16. The van der Waals surface area contributed by atoms with E-state index in [4.69, 9.17) is 0 Å². The lowest BCUT2D eigenvalue weighted by Gasteiger charge is -2.02. The molecule has 0 unspecified atom stereocenters. The minimum atomic E-state index is 0.255. The van der Waals surface area contributed by atoms with Crippen molar-refractivity contribution in [2.24, 2.45) is 0 Å². The van der Waals surface area contributed by atoms with Crippen LogP contribution in [0.15, 0.2) is 16.9 Å². The number of nitrogens with zero attached hydrogens (tertiary/aromatic N) is 3. The molecular weight excluding hydrogens is 170 g/mol. The van der Waals surface area contributed by atoms with E-state index in [0.717, 1.165) is 5.56 Å². The van der Waals surface area contributed by atoms with E-state index >= 15 is 0 Å². The van der Waals surface area contributed by atoms with E-state index in [1.54, 1.807) is 12.3 Å². The molecular formula is C8H9N3O2. The third-order valence-electron chi connectivity index (χ3n) is 1.94. The zero-order valence-corrected chi connectivity index (χ0v) is 7.39. The fourth-order valence-electron chi connectivity index (χ4n) is 1.29. The largest absolute Gasteiger partial charge is 0.359 e. The minimum Gasteiger partial charge on any atom is -0.359 e. The van der Waals surface area contributed by atoms with Gasteiger partial charge in [-0.15, -0.1) is 0 Å². The van der Waals surface area contributed by atoms with Gasteiger partial charge in [-0.1, -0.05) is 13.8 Å². The van der Waals surface area contributed by atoms with Crippen LogP contribution in [-0.2, 0) is 0 Å². The molecule has 0 radical (unpaired) electrons. The third-order valence-corrected chi connectivity index (χ3v) is 1.94. The summed E-state index contributed by atoms with van der Waals surface area (Å²) >= 11 is 0. The van der Waals surface area contributed by atoms with Crippen LogP contribution in [0.1, 0.15) is 25.3 Å². The van der Waals surface area contributed by atoms with Gasteiger partial charge in [0, 0.05) is 11.8 Å². The molecule has 2 aromatic heterocycles. The number of hydrogen-bond acceptors (Lipinski definition) is 4. The number of hydrogen-bond donors (Lipinski definition) is 0. The van der Waals surface area contributed by atoms with Gasteiger partial charge in [0.1, 0.15) is 0 Å². The van der Waals surface area contributed by atoms with Crippen LogP contribution in [0, 0.1) is 5.21 Å². The lowest BCUT2D eigenvalue weighted by Crippen LogP contribution is -2.24. The van der Waals surface area contributed by atoms with Crippen molar-refractivity contribution in [1.29, 1.82) is 0 Å². The first kappa shape index (κ1) is 7.97. The normalized spacial score (nSPS) is 11.3. The zero-order valence-electron chi connectivity index (χ0n) is 7.39. The first-order valence-corrected chi connectivity index (χ1v) is 4.04. The highest BCUT2D eigenvalue weighted by molar-refractivity contribution is 5.69. The number of aromatic nitrogens is 3. The molecule has 0 bridgehead atoms. The van der Waals surface area contributed by atoms with Crippen molar-refractivity contribution >= 4 is 11.2 Å². The first-order valence-electron chi connectivity index (χ1n) is 4.04. The molecule has 2 rings (SSSR count). The third kappa shape index (κ3) is 1.12. The fraction of sp³-hybridized carbons (Fsp3) is 0.375. The lowest BCUT2D eigenvalue weighted by atomic mass is 10.0. The van der Waals surface area contributed by atoms with Gasteiger partial charge in [0.15, 0.2) is 0 Å². The van der Waals surface area contributed by atoms with Crippen molar-refractivity contribution in [3.63, 3.8) is 0 Å². The van der Waals surface area contributed by atoms with E-state index in [9.17, 15) is 5.21 Å². The second-order valence-corrected chi connectivity index (χ2v) is 3.16. The van der Waals surface area contributed by atoms with Crippen LogP contribution in [0.2, 0.25) is 0 Å². The minimum absolute atomic E-state index is 0.255. The van der Waals surface area contributed by atoms with Crippen molar-refractivity contribution in [2.75, 3.05) is 0 Å². The van der Waals surface area contributed by atoms with Crippen LogP contribution < -0.4 is 4.90 Å². The molecule has 68 valence electrons. The van der Waals surface area contributed by atoms with Crippen molar-refractivity contribution < 1.29 is 9.53 Å². The lowest BCUT2D eigenvalue weighted by molar-refractivity contribution is -0.782. The molecule has 5 nitrogen and oxygen atoms in total. The predicted molar refractivity (Wildman–Crippen MR) is 44.9 cm³/mol. The Morgan fingerprint density at radius 1 is 1.54 bits per heavy atom. The van der Waals surface area contributed by atoms with Crippen LogP contribution in [0.25, 0.3) is 11.2 Å². The second kappa shape index (κ2) is 2.69. The Hall–Kier alpha value is -1.65. The fourth-order valence-corrected chi connectivity index (χ4v) is 1.29. The van der Waals surface area contributed by atoms with Gasteiger partial charge in [-0.05, 0) is 16.9 Å². The summed E-state index contributed by atoms with van der Waals surface area (Å²) in [5, 5.41) is 14.7. The monoisotopic (exact) mass is 179 g/mol. The summed E-state index contributed by atoms with van der Waals surface area (Å²) in [6, 6.07) is 1.80. The Balaban J connectivity index is 2.80. The van der Waals surface area contributed by atoms with Gasteiger partial charge >= 0.3 is 5.65 Å². The molecule has 0 spiro atoms. The number of rotatable bonds is 1. The van der Waals surface area contributed by atoms with E-state index in [0.29, 0.717) is 16.1 Å². The molecule has 0 saturated carbocycles. The molecule has 0 amide bonds. The summed E-state index contributed by atoms with van der Waals surface area (Å²) in [5.41, 5.74) is 1.69. The quantitative estimate of drug-likeness (QED) is 0.612. The smallest absolute Gasteiger partial charge is 0.340 e. The van der Waals surface area contributed by atoms with Crippen molar-refractivity contribution in [3.8, 4) is 0 Å². The molecule has 13 heavy (non-hydrogen) atoms. The van der Waals surface area contributed by atoms with E-state index in [-0.39, 0.29) is 5.92 Å². The average Bonchev–Trinajstić information content (AvgIpc) is 2.48. The Kier molecular flexibility index (Phi) is 1.65. The topological polar surface area (TPSA) is 65.9 Å². The second-order valence-electron chi connectivity index (χ2n) is 3.16. The molecule has 2 heterocycles. The van der Waals surface area contributed by atoms with E-state index in [2.05, 4.69) is 14.8 Å². The van der Waals surface area contributed by atoms with Gasteiger partial charge in [0.05, 0.1) is 5.16 Å². The van der Waals surface area contributed by atoms with Gasteiger partial charge in [-0.3, -0.25) is 4.63 Å². The van der Waals surface area contributed by atoms with Crippen molar-refractivity contribution in [3.05, 3.63) is 23.0 Å². The molecule has 0 aliphatic rings. The van der Waals surface area contributed by atoms with Gasteiger partial charge in [0.25, 0.3) is 0 Å². The molecule has 0 aliphatic heterocycles. The Morgan fingerprint density at radius 2 is 2.31 bits per heavy atom. The van der Waals surface area contributed by atoms with E-state index in [1.807, 2.05) is 13.8 Å². The van der Waals surface area contributed by atoms with Gasteiger partial charge in [-0.25, -0.2) is 4.98 Å². The van der Waals surface area contributed by atoms with E-state index < -0.39 is 0 Å². The highest BCUT2D eigenvalue weighted by Crippen LogP contribution is 2.19. The zero-order chi connectivity index (χ0) is 9.42. The maximum absolute atomic E-state index is 11.2. The molecule has 2 aromatic rings. The van der Waals surface area contributed by atoms with Crippen molar-refractivity contribution in [2.45, 2.75) is 19.8 Å². The molecule has 5 heteroatoms. The van der Waals surface area contributed by atoms with Gasteiger partial charge < -0.3 is 5.21 Å². The average molecular weight is 179 g/mol. The number of fused-ring (bicyclic) bond motifs is 1. The Morgan fingerprint density at radius 3 is 3.00 bits per heavy atom. The molecule has 0 N–H and O–H groups in total. The summed E-state index contributed by atoms with van der Waals surface area (Å²) in [6.07, 6.45) is 1.63. The van der Waals surface area contributed by atoms with Crippen LogP contribution in [0.3, 0.4) is 0 Å². The molecule has 0 aromatic carbocycles. The highest BCUT2D eigenvalue weighted by atomic mass is 16.8. The molecule has 0 fully saturated rings. The van der Waals surface area contributed by atoms with Crippen LogP contribution in [-0.4, -0.2) is 10.1 Å². The maximum Gasteiger partial charge on any atom is 0.340 e.